The van der Waals surface area contributed by atoms with Gasteiger partial charge in [-0.15, -0.1) is 0 Å². The smallest absolute Gasteiger partial charge is 0.255 e. The Balaban J connectivity index is 1.99. The Hall–Kier alpha value is -3.21. The molecule has 0 fully saturated rings. The van der Waals surface area contributed by atoms with Crippen LogP contribution in [0.1, 0.15) is 40.4 Å². The summed E-state index contributed by atoms with van der Waals surface area (Å²) in [6, 6.07) is 0.749. The highest BCUT2D eigenvalue weighted by Crippen LogP contribution is 2.52. The Morgan fingerprint density at radius 3 is 2.38 bits per heavy atom. The molecule has 0 saturated carbocycles. The molecule has 3 aliphatic carbocycles. The highest BCUT2D eigenvalue weighted by Gasteiger charge is 2.63. The number of ketones is 2. The van der Waals surface area contributed by atoms with Gasteiger partial charge in [-0.1, -0.05) is 13.0 Å². The van der Waals surface area contributed by atoms with Crippen LogP contribution in [0.3, 0.4) is 0 Å². The summed E-state index contributed by atoms with van der Waals surface area (Å²) in [5, 5.41) is 44.4. The van der Waals surface area contributed by atoms with Crippen molar-refractivity contribution in [3.63, 3.8) is 0 Å². The Morgan fingerprint density at radius 2 is 1.85 bits per heavy atom. The molecule has 0 saturated heterocycles. The molecule has 182 valence electrons. The summed E-state index contributed by atoms with van der Waals surface area (Å²) in [4.78, 5) is 40.4. The number of primary amides is 1. The number of likely N-dealkylation sites (N-methyl/N-ethyl adjacent to an activating group) is 1. The molecule has 34 heavy (non-hydrogen) atoms. The fourth-order valence-corrected chi connectivity index (χ4v) is 5.93. The van der Waals surface area contributed by atoms with Crippen LogP contribution in [0.4, 0.5) is 0 Å². The lowest BCUT2D eigenvalue weighted by Gasteiger charge is -2.50. The Bertz CT molecular complexity index is 1200. The number of phenolic OH excluding ortho intramolecular Hbond substituents is 1. The summed E-state index contributed by atoms with van der Waals surface area (Å²) in [7, 11) is 3.18. The highest BCUT2D eigenvalue weighted by atomic mass is 16.3. The van der Waals surface area contributed by atoms with Crippen LogP contribution < -0.4 is 11.5 Å². The second-order valence-electron chi connectivity index (χ2n) is 9.42. The molecular weight excluding hydrogens is 442 g/mol. The molecule has 0 unspecified atom stereocenters. The quantitative estimate of drug-likeness (QED) is 0.332. The molecule has 0 spiro atoms. The molecule has 4 atom stereocenters. The van der Waals surface area contributed by atoms with Crippen LogP contribution in [-0.4, -0.2) is 68.5 Å². The number of allylic oxidation sites excluding steroid dienone is 1. The number of Topliss-reactive ketones (excluding diaryl/α,β-unsaturated/α-hetero) is 2. The van der Waals surface area contributed by atoms with Crippen molar-refractivity contribution in [1.29, 1.82) is 0 Å². The van der Waals surface area contributed by atoms with E-state index in [2.05, 4.69) is 0 Å². The molecule has 0 heterocycles. The van der Waals surface area contributed by atoms with E-state index in [4.69, 9.17) is 11.5 Å². The fourth-order valence-electron chi connectivity index (χ4n) is 5.93. The monoisotopic (exact) mass is 471 g/mol. The van der Waals surface area contributed by atoms with Crippen LogP contribution in [0, 0.1) is 11.8 Å². The second kappa shape index (κ2) is 7.93. The van der Waals surface area contributed by atoms with Gasteiger partial charge in [-0.3, -0.25) is 19.3 Å². The van der Waals surface area contributed by atoms with E-state index in [0.29, 0.717) is 17.5 Å². The van der Waals surface area contributed by atoms with E-state index in [1.807, 2.05) is 6.92 Å². The summed E-state index contributed by atoms with van der Waals surface area (Å²) >= 11 is 0. The van der Waals surface area contributed by atoms with Gasteiger partial charge in [0.25, 0.3) is 5.91 Å². The third kappa shape index (κ3) is 2.95. The van der Waals surface area contributed by atoms with E-state index in [1.54, 1.807) is 20.2 Å². The van der Waals surface area contributed by atoms with E-state index < -0.39 is 58.0 Å². The SMILES string of the molecule is CCc1cc(CN)c(O)c2c1C[C@@H]1C[C@@H]3[C@@H](N(C)C)C(O)=C(C(N)=O)C(=O)[C@]3(O)C(O)=C1C2=O. The summed E-state index contributed by atoms with van der Waals surface area (Å²) in [5.74, 6) is -6.58. The van der Waals surface area contributed by atoms with Gasteiger partial charge in [0.15, 0.2) is 11.4 Å². The lowest BCUT2D eigenvalue weighted by atomic mass is 9.58. The summed E-state index contributed by atoms with van der Waals surface area (Å²) < 4.78 is 0. The molecule has 0 aliphatic heterocycles. The molecule has 0 bridgehead atoms. The van der Waals surface area contributed by atoms with Crippen molar-refractivity contribution in [2.45, 2.75) is 44.4 Å². The maximum atomic E-state index is 13.6. The zero-order chi connectivity index (χ0) is 25.3. The van der Waals surface area contributed by atoms with Gasteiger partial charge in [0.1, 0.15) is 22.8 Å². The Labute approximate surface area is 196 Å². The van der Waals surface area contributed by atoms with Gasteiger partial charge in [0.2, 0.25) is 5.78 Å². The maximum absolute atomic E-state index is 13.6. The van der Waals surface area contributed by atoms with Crippen LogP contribution in [-0.2, 0) is 29.0 Å². The van der Waals surface area contributed by atoms with Crippen molar-refractivity contribution in [3.8, 4) is 5.75 Å². The number of carbonyl (C=O) groups excluding carboxylic acids is 3. The van der Waals surface area contributed by atoms with Gasteiger partial charge in [-0.2, -0.15) is 0 Å². The largest absolute Gasteiger partial charge is 0.510 e. The van der Waals surface area contributed by atoms with E-state index in [9.17, 15) is 34.8 Å². The number of nitrogens with zero attached hydrogens (tertiary/aromatic N) is 1. The molecule has 1 aromatic rings. The van der Waals surface area contributed by atoms with Crippen LogP contribution in [0.25, 0.3) is 0 Å². The van der Waals surface area contributed by atoms with Crippen molar-refractivity contribution < 1.29 is 34.8 Å². The van der Waals surface area contributed by atoms with Gasteiger partial charge in [0.05, 0.1) is 11.6 Å². The number of aliphatic hydroxyl groups excluding tert-OH is 2. The standard InChI is InChI=1S/C24H29N3O7/c1-4-9-5-11(8-25)18(28)15-12(9)6-10-7-13-17(27(2)3)20(30)16(23(26)33)22(32)24(13,34)21(31)14(10)19(15)29/h5,10,13,17,28,30-31,34H,4,6-8,25H2,1-3H3,(H2,26,33)/t10-,13-,17-,24-/m1/s1. The second-order valence-corrected chi connectivity index (χ2v) is 9.42. The van der Waals surface area contributed by atoms with E-state index in [1.165, 1.54) is 4.90 Å². The number of hydrogen-bond donors (Lipinski definition) is 6. The number of aromatic hydroxyl groups is 1. The number of hydrogen-bond acceptors (Lipinski definition) is 9. The van der Waals surface area contributed by atoms with Crippen LogP contribution in [0.15, 0.2) is 28.7 Å². The van der Waals surface area contributed by atoms with Gasteiger partial charge < -0.3 is 31.9 Å². The third-order valence-corrected chi connectivity index (χ3v) is 7.49. The lowest BCUT2D eigenvalue weighted by Crippen LogP contribution is -2.63. The molecule has 10 nitrogen and oxygen atoms in total. The van der Waals surface area contributed by atoms with Crippen molar-refractivity contribution in [2.75, 3.05) is 14.1 Å². The number of aryl methyl sites for hydroxylation is 1. The molecule has 3 aliphatic rings. The number of fused-ring (bicyclic) bond motifs is 3. The first-order valence-electron chi connectivity index (χ1n) is 11.1. The molecular formula is C24H29N3O7. The highest BCUT2D eigenvalue weighted by molar-refractivity contribution is 6.24. The minimum absolute atomic E-state index is 0.000539. The minimum atomic E-state index is -2.64. The number of phenols is 1. The van der Waals surface area contributed by atoms with Crippen molar-refractivity contribution >= 4 is 17.5 Å². The fraction of sp³-hybridized carbons (Fsp3) is 0.458. The average molecular weight is 472 g/mol. The molecule has 10 heteroatoms. The summed E-state index contributed by atoms with van der Waals surface area (Å²) in [5.41, 5.74) is 9.28. The first kappa shape index (κ1) is 23.9. The van der Waals surface area contributed by atoms with Crippen molar-refractivity contribution in [2.24, 2.45) is 23.3 Å². The normalized spacial score (nSPS) is 28.7. The molecule has 1 amide bonds. The maximum Gasteiger partial charge on any atom is 0.255 e. The first-order valence-corrected chi connectivity index (χ1v) is 11.1. The van der Waals surface area contributed by atoms with Crippen LogP contribution in [0.2, 0.25) is 0 Å². The first-order chi connectivity index (χ1) is 15.9. The number of rotatable bonds is 4. The Kier molecular flexibility index (Phi) is 5.58. The van der Waals surface area contributed by atoms with E-state index >= 15 is 0 Å². The van der Waals surface area contributed by atoms with Gasteiger partial charge in [-0.25, -0.2) is 0 Å². The number of nitrogens with two attached hydrogens (primary N) is 2. The predicted octanol–water partition coefficient (Wildman–Crippen LogP) is 0.142. The van der Waals surface area contributed by atoms with Crippen molar-refractivity contribution in [1.82, 2.24) is 4.90 Å². The zero-order valence-corrected chi connectivity index (χ0v) is 19.3. The summed E-state index contributed by atoms with van der Waals surface area (Å²) in [6.45, 7) is 1.91. The molecule has 0 radical (unpaired) electrons. The minimum Gasteiger partial charge on any atom is -0.510 e. The van der Waals surface area contributed by atoms with Gasteiger partial charge in [0, 0.05) is 23.6 Å². The molecule has 1 aromatic carbocycles. The average Bonchev–Trinajstić information content (AvgIpc) is 2.76. The third-order valence-electron chi connectivity index (χ3n) is 7.49. The molecule has 8 N–H and O–H groups in total. The topological polar surface area (TPSA) is 187 Å². The number of amides is 1. The van der Waals surface area contributed by atoms with Crippen LogP contribution >= 0.6 is 0 Å². The number of carbonyl (C=O) groups is 3. The van der Waals surface area contributed by atoms with Crippen molar-refractivity contribution in [3.05, 3.63) is 51.0 Å². The number of benzene rings is 1. The van der Waals surface area contributed by atoms with E-state index in [0.717, 1.165) is 5.56 Å². The molecule has 4 rings (SSSR count). The van der Waals surface area contributed by atoms with Gasteiger partial charge >= 0.3 is 0 Å². The number of aliphatic hydroxyl groups is 3. The Morgan fingerprint density at radius 1 is 1.21 bits per heavy atom. The summed E-state index contributed by atoms with van der Waals surface area (Å²) in [6.07, 6.45) is 0.919. The molecule has 0 aromatic heterocycles. The predicted molar refractivity (Wildman–Crippen MR) is 121 cm³/mol. The lowest BCUT2D eigenvalue weighted by molar-refractivity contribution is -0.148. The van der Waals surface area contributed by atoms with Crippen LogP contribution in [0.5, 0.6) is 5.75 Å². The van der Waals surface area contributed by atoms with Gasteiger partial charge in [-0.05, 0) is 50.4 Å². The zero-order valence-electron chi connectivity index (χ0n) is 19.3. The van der Waals surface area contributed by atoms with E-state index in [-0.39, 0.29) is 36.3 Å².